The van der Waals surface area contributed by atoms with Crippen LogP contribution in [-0.2, 0) is 0 Å². The van der Waals surface area contributed by atoms with Crippen molar-refractivity contribution in [2.24, 2.45) is 0 Å². The Kier molecular flexibility index (Phi) is 4.07. The molecule has 0 unspecified atom stereocenters. The SMILES string of the molecule is Cc1ccncc1C(=O)N1CC(Oc2ccccc2-c2nc(C3CC3)no2)C1. The minimum atomic E-state index is -0.0621. The zero-order chi connectivity index (χ0) is 19.1. The number of aryl methyl sites for hydroxylation is 1. The van der Waals surface area contributed by atoms with E-state index >= 15 is 0 Å². The molecule has 1 aliphatic heterocycles. The molecule has 5 rings (SSSR count). The van der Waals surface area contributed by atoms with E-state index in [2.05, 4.69) is 15.1 Å². The Morgan fingerprint density at radius 2 is 2.04 bits per heavy atom. The maximum atomic E-state index is 12.6. The van der Waals surface area contributed by atoms with Crippen LogP contribution < -0.4 is 4.74 Å². The van der Waals surface area contributed by atoms with Crippen molar-refractivity contribution in [3.05, 3.63) is 59.7 Å². The second kappa shape index (κ2) is 6.74. The smallest absolute Gasteiger partial charge is 0.261 e. The van der Waals surface area contributed by atoms with E-state index in [1.807, 2.05) is 37.3 Å². The molecule has 2 fully saturated rings. The number of amides is 1. The lowest BCUT2D eigenvalue weighted by molar-refractivity contribution is 0.0178. The number of carbonyl (C=O) groups is 1. The minimum absolute atomic E-state index is 0.00953. The topological polar surface area (TPSA) is 81.4 Å². The van der Waals surface area contributed by atoms with Gasteiger partial charge in [-0.25, -0.2) is 0 Å². The van der Waals surface area contributed by atoms with Gasteiger partial charge in [-0.1, -0.05) is 17.3 Å². The summed E-state index contributed by atoms with van der Waals surface area (Å²) in [6.45, 7) is 3.00. The third kappa shape index (κ3) is 3.13. The third-order valence-corrected chi connectivity index (χ3v) is 5.20. The van der Waals surface area contributed by atoms with Crippen molar-refractivity contribution in [2.75, 3.05) is 13.1 Å². The summed E-state index contributed by atoms with van der Waals surface area (Å²) in [6, 6.07) is 9.49. The highest BCUT2D eigenvalue weighted by molar-refractivity contribution is 5.95. The number of nitrogens with zero attached hydrogens (tertiary/aromatic N) is 4. The molecule has 1 aromatic carbocycles. The lowest BCUT2D eigenvalue weighted by Gasteiger charge is -2.39. The third-order valence-electron chi connectivity index (χ3n) is 5.20. The van der Waals surface area contributed by atoms with Crippen LogP contribution in [0.5, 0.6) is 5.75 Å². The highest BCUT2D eigenvalue weighted by Gasteiger charge is 2.34. The van der Waals surface area contributed by atoms with Crippen LogP contribution >= 0.6 is 0 Å². The maximum absolute atomic E-state index is 12.6. The number of ether oxygens (including phenoxy) is 1. The van der Waals surface area contributed by atoms with Gasteiger partial charge < -0.3 is 14.2 Å². The van der Waals surface area contributed by atoms with Crippen LogP contribution in [0.4, 0.5) is 0 Å². The van der Waals surface area contributed by atoms with Gasteiger partial charge in [-0.05, 0) is 43.5 Å². The average molecular weight is 376 g/mol. The summed E-state index contributed by atoms with van der Waals surface area (Å²) in [5.41, 5.74) is 2.35. The molecule has 0 bridgehead atoms. The van der Waals surface area contributed by atoms with Crippen LogP contribution in [0, 0.1) is 6.92 Å². The van der Waals surface area contributed by atoms with Crippen LogP contribution in [0.1, 0.15) is 40.5 Å². The molecule has 1 saturated heterocycles. The van der Waals surface area contributed by atoms with Crippen LogP contribution in [0.15, 0.2) is 47.2 Å². The first kappa shape index (κ1) is 16.9. The Labute approximate surface area is 162 Å². The second-order valence-electron chi connectivity index (χ2n) is 7.37. The van der Waals surface area contributed by atoms with Gasteiger partial charge in [-0.3, -0.25) is 9.78 Å². The van der Waals surface area contributed by atoms with Gasteiger partial charge in [0.2, 0.25) is 0 Å². The lowest BCUT2D eigenvalue weighted by atomic mass is 10.1. The summed E-state index contributed by atoms with van der Waals surface area (Å²) >= 11 is 0. The molecular formula is C21H20N4O3. The predicted molar refractivity (Wildman–Crippen MR) is 101 cm³/mol. The van der Waals surface area contributed by atoms with Gasteiger partial charge in [-0.2, -0.15) is 4.98 Å². The quantitative estimate of drug-likeness (QED) is 0.680. The Balaban J connectivity index is 1.27. The van der Waals surface area contributed by atoms with Crippen LogP contribution in [-0.4, -0.2) is 45.1 Å². The summed E-state index contributed by atoms with van der Waals surface area (Å²) in [4.78, 5) is 23.0. The van der Waals surface area contributed by atoms with E-state index in [0.717, 1.165) is 29.8 Å². The second-order valence-corrected chi connectivity index (χ2v) is 7.37. The molecule has 0 atom stereocenters. The van der Waals surface area contributed by atoms with Gasteiger partial charge in [0.05, 0.1) is 24.2 Å². The summed E-state index contributed by atoms with van der Waals surface area (Å²) in [6.07, 6.45) is 5.50. The molecule has 28 heavy (non-hydrogen) atoms. The first-order chi connectivity index (χ1) is 13.7. The number of aromatic nitrogens is 3. The van der Waals surface area contributed by atoms with Gasteiger partial charge in [-0.15, -0.1) is 0 Å². The van der Waals surface area contributed by atoms with E-state index in [9.17, 15) is 4.79 Å². The number of rotatable bonds is 5. The number of benzene rings is 1. The van der Waals surface area contributed by atoms with E-state index in [1.165, 1.54) is 0 Å². The number of likely N-dealkylation sites (tertiary alicyclic amines) is 1. The molecule has 1 saturated carbocycles. The Bertz CT molecular complexity index is 1020. The van der Waals surface area contributed by atoms with Crippen molar-refractivity contribution >= 4 is 5.91 Å². The number of hydrogen-bond acceptors (Lipinski definition) is 6. The highest BCUT2D eigenvalue weighted by atomic mass is 16.5. The lowest BCUT2D eigenvalue weighted by Crippen LogP contribution is -2.56. The number of hydrogen-bond donors (Lipinski definition) is 0. The molecule has 0 radical (unpaired) electrons. The van der Waals surface area contributed by atoms with Crippen LogP contribution in [0.3, 0.4) is 0 Å². The molecule has 3 aromatic rings. The van der Waals surface area contributed by atoms with Crippen molar-refractivity contribution in [1.29, 1.82) is 0 Å². The molecule has 7 heteroatoms. The molecule has 2 aromatic heterocycles. The largest absolute Gasteiger partial charge is 0.486 e. The normalized spacial score (nSPS) is 16.7. The van der Waals surface area contributed by atoms with E-state index in [-0.39, 0.29) is 12.0 Å². The minimum Gasteiger partial charge on any atom is -0.486 e. The Hall–Kier alpha value is -3.22. The van der Waals surface area contributed by atoms with Gasteiger partial charge in [0.1, 0.15) is 11.9 Å². The Morgan fingerprint density at radius 1 is 1.21 bits per heavy atom. The van der Waals surface area contributed by atoms with Gasteiger partial charge in [0.15, 0.2) is 5.82 Å². The molecule has 0 N–H and O–H groups in total. The number of pyridine rings is 1. The Morgan fingerprint density at radius 3 is 2.82 bits per heavy atom. The van der Waals surface area contributed by atoms with E-state index in [0.29, 0.717) is 36.2 Å². The first-order valence-electron chi connectivity index (χ1n) is 9.48. The van der Waals surface area contributed by atoms with Crippen molar-refractivity contribution in [3.8, 4) is 17.2 Å². The summed E-state index contributed by atoms with van der Waals surface area (Å²) in [5.74, 6) is 2.38. The number of carbonyl (C=O) groups excluding carboxylic acids is 1. The molecule has 0 spiro atoms. The van der Waals surface area contributed by atoms with Crippen molar-refractivity contribution in [1.82, 2.24) is 20.0 Å². The van der Waals surface area contributed by atoms with E-state index < -0.39 is 0 Å². The highest BCUT2D eigenvalue weighted by Crippen LogP contribution is 2.39. The van der Waals surface area contributed by atoms with Crippen molar-refractivity contribution in [3.63, 3.8) is 0 Å². The van der Waals surface area contributed by atoms with Gasteiger partial charge in [0, 0.05) is 18.3 Å². The maximum Gasteiger partial charge on any atom is 0.261 e. The number of para-hydroxylation sites is 1. The average Bonchev–Trinajstić information content (AvgIpc) is 3.42. The standard InChI is InChI=1S/C21H20N4O3/c1-13-8-9-22-10-17(13)21(26)25-11-15(12-25)27-18-5-3-2-4-16(18)20-23-19(24-28-20)14-6-7-14/h2-5,8-10,14-15H,6-7,11-12H2,1H3. The van der Waals surface area contributed by atoms with Crippen molar-refractivity contribution in [2.45, 2.75) is 31.8 Å². The zero-order valence-corrected chi connectivity index (χ0v) is 15.5. The van der Waals surface area contributed by atoms with E-state index in [4.69, 9.17) is 9.26 Å². The predicted octanol–water partition coefficient (Wildman–Crippen LogP) is 3.22. The molecule has 3 heterocycles. The fourth-order valence-electron chi connectivity index (χ4n) is 3.31. The van der Waals surface area contributed by atoms with Crippen LogP contribution in [0.25, 0.3) is 11.5 Å². The van der Waals surface area contributed by atoms with Gasteiger partial charge >= 0.3 is 0 Å². The summed E-state index contributed by atoms with van der Waals surface area (Å²) < 4.78 is 11.6. The van der Waals surface area contributed by atoms with Crippen LogP contribution in [0.2, 0.25) is 0 Å². The van der Waals surface area contributed by atoms with Crippen molar-refractivity contribution < 1.29 is 14.1 Å². The fourth-order valence-corrected chi connectivity index (χ4v) is 3.31. The molecule has 1 amide bonds. The molecule has 2 aliphatic rings. The first-order valence-corrected chi connectivity index (χ1v) is 9.48. The fraction of sp³-hybridized carbons (Fsp3) is 0.333. The summed E-state index contributed by atoms with van der Waals surface area (Å²) in [5, 5.41) is 4.09. The van der Waals surface area contributed by atoms with E-state index in [1.54, 1.807) is 17.3 Å². The molecule has 7 nitrogen and oxygen atoms in total. The molecule has 1 aliphatic carbocycles. The monoisotopic (exact) mass is 376 g/mol. The molecule has 142 valence electrons. The van der Waals surface area contributed by atoms with Gasteiger partial charge in [0.25, 0.3) is 11.8 Å². The zero-order valence-electron chi connectivity index (χ0n) is 15.5. The summed E-state index contributed by atoms with van der Waals surface area (Å²) in [7, 11) is 0. The molecular weight excluding hydrogens is 356 g/mol.